The molecule has 1 aliphatic rings. The first kappa shape index (κ1) is 29.8. The van der Waals surface area contributed by atoms with Gasteiger partial charge in [-0.15, -0.1) is 11.6 Å². The molecule has 0 radical (unpaired) electrons. The quantitative estimate of drug-likeness (QED) is 0.341. The summed E-state index contributed by atoms with van der Waals surface area (Å²) in [6, 6.07) is 26.4. The predicted molar refractivity (Wildman–Crippen MR) is 103 cm³/mol. The van der Waals surface area contributed by atoms with Crippen molar-refractivity contribution < 1.29 is 51.0 Å². The number of hydrogen-bond donors (Lipinski definition) is 0. The summed E-state index contributed by atoms with van der Waals surface area (Å²) in [6.07, 6.45) is 1.03. The Hall–Kier alpha value is -0.947. The molecule has 0 N–H and O–H groups in total. The van der Waals surface area contributed by atoms with Crippen molar-refractivity contribution in [2.75, 3.05) is 19.0 Å². The van der Waals surface area contributed by atoms with Crippen molar-refractivity contribution in [1.29, 1.82) is 0 Å². The second kappa shape index (κ2) is 14.2. The Kier molecular flexibility index (Phi) is 16.2. The molecule has 1 nitrogen and oxygen atoms in total. The van der Waals surface area contributed by atoms with Crippen molar-refractivity contribution in [3.8, 4) is 11.1 Å². The summed E-state index contributed by atoms with van der Waals surface area (Å²) in [5, 5.41) is 0. The summed E-state index contributed by atoms with van der Waals surface area (Å²) in [5.74, 6) is 0. The first-order valence-corrected chi connectivity index (χ1v) is 7.22. The first-order chi connectivity index (χ1) is 10.3. The van der Waals surface area contributed by atoms with Gasteiger partial charge in [-0.1, -0.05) is 41.1 Å². The number of nitrogens with zero attached hydrogens (tertiary/aromatic N) is 1. The van der Waals surface area contributed by atoms with Gasteiger partial charge in [-0.05, 0) is 20.5 Å². The Morgan fingerprint density at radius 3 is 2.08 bits per heavy atom. The van der Waals surface area contributed by atoms with Crippen LogP contribution >= 0.6 is 0 Å². The number of anilines is 1. The molecule has 4 rings (SSSR count). The molecule has 138 valence electrons. The van der Waals surface area contributed by atoms with E-state index in [0.29, 0.717) is 0 Å². The van der Waals surface area contributed by atoms with Crippen LogP contribution in [0.5, 0.6) is 0 Å². The van der Waals surface area contributed by atoms with Gasteiger partial charge < -0.3 is 44.6 Å². The van der Waals surface area contributed by atoms with E-state index in [1.165, 1.54) is 27.9 Å². The second-order valence-electron chi connectivity index (χ2n) is 5.44. The van der Waals surface area contributed by atoms with Gasteiger partial charge in [-0.3, -0.25) is 0 Å². The molecule has 0 bridgehead atoms. The molecule has 0 atom stereocenters. The standard InChI is InChI=1S/C15H14N.C5H5.2CH3.2ClH.Zr/c1-16(2)13-8-7-12-9-11-5-3-4-6-14(11)15(12)10-13;1-2-4-5-3-1;;;;;/h3-6,8,10H,9H2,1-2H3;1-5H;2*1H3;2*1H;/q4*-1;;;+4/p-2. The first-order valence-electron chi connectivity index (χ1n) is 7.22. The van der Waals surface area contributed by atoms with Crippen LogP contribution in [0.3, 0.4) is 0 Å². The number of halogens is 2. The van der Waals surface area contributed by atoms with E-state index >= 15 is 0 Å². The predicted octanol–water partition coefficient (Wildman–Crippen LogP) is -0.564. The van der Waals surface area contributed by atoms with Gasteiger partial charge >= 0.3 is 26.2 Å². The third kappa shape index (κ3) is 6.99. The van der Waals surface area contributed by atoms with Crippen LogP contribution in [0.2, 0.25) is 0 Å². The largest absolute Gasteiger partial charge is 4.00 e. The Morgan fingerprint density at radius 2 is 1.54 bits per heavy atom. The van der Waals surface area contributed by atoms with Crippen molar-refractivity contribution in [3.63, 3.8) is 0 Å². The van der Waals surface area contributed by atoms with Gasteiger partial charge in [0, 0.05) is 0 Å². The zero-order valence-electron chi connectivity index (χ0n) is 15.8. The molecule has 4 heteroatoms. The zero-order chi connectivity index (χ0) is 14.7. The van der Waals surface area contributed by atoms with Crippen LogP contribution in [0.15, 0.2) is 66.7 Å². The number of benzene rings is 2. The monoisotopic (exact) mass is 463 g/mol. The Balaban J connectivity index is -0.000000469. The molecule has 0 aliphatic heterocycles. The summed E-state index contributed by atoms with van der Waals surface area (Å²) < 4.78 is 0. The van der Waals surface area contributed by atoms with E-state index in [0.717, 1.165) is 6.42 Å². The number of fused-ring (bicyclic) bond motifs is 3. The Bertz CT molecular complexity index is 708. The summed E-state index contributed by atoms with van der Waals surface area (Å²) >= 11 is 0. The van der Waals surface area contributed by atoms with Gasteiger partial charge in [-0.2, -0.15) is 35.9 Å². The minimum Gasteiger partial charge on any atom is -1.00 e. The Labute approximate surface area is 191 Å². The molecule has 0 saturated heterocycles. The molecule has 0 spiro atoms. The van der Waals surface area contributed by atoms with Crippen LogP contribution in [-0.4, -0.2) is 14.1 Å². The van der Waals surface area contributed by atoms with Gasteiger partial charge in [0.25, 0.3) is 0 Å². The van der Waals surface area contributed by atoms with E-state index in [-0.39, 0.29) is 65.9 Å². The molecule has 0 fully saturated rings. The van der Waals surface area contributed by atoms with Crippen molar-refractivity contribution in [2.45, 2.75) is 6.42 Å². The molecule has 0 unspecified atom stereocenters. The van der Waals surface area contributed by atoms with Gasteiger partial charge in [0.15, 0.2) is 0 Å². The molecule has 3 aromatic rings. The van der Waals surface area contributed by atoms with Crippen LogP contribution in [0.4, 0.5) is 5.69 Å². The molecule has 0 heterocycles. The number of hydrogen-bond acceptors (Lipinski definition) is 1. The van der Waals surface area contributed by atoms with Crippen molar-refractivity contribution in [2.24, 2.45) is 0 Å². The molecule has 0 aromatic heterocycles. The van der Waals surface area contributed by atoms with Gasteiger partial charge in [-0.25, -0.2) is 12.1 Å². The summed E-state index contributed by atoms with van der Waals surface area (Å²) in [4.78, 5) is 2.12. The van der Waals surface area contributed by atoms with Crippen LogP contribution in [-0.2, 0) is 32.6 Å². The summed E-state index contributed by atoms with van der Waals surface area (Å²) in [6.45, 7) is 0. The number of rotatable bonds is 1. The third-order valence-corrected chi connectivity index (χ3v) is 3.76. The van der Waals surface area contributed by atoms with E-state index in [4.69, 9.17) is 0 Å². The van der Waals surface area contributed by atoms with E-state index in [1.807, 2.05) is 30.3 Å². The SMILES string of the molecule is CN(C)c1c[c-]c2c(c1)-c1ccccc1C2.[CH3-].[CH3-].[Cl-].[Cl-].[Zr+4].c1cc[cH-]c1. The van der Waals surface area contributed by atoms with E-state index in [9.17, 15) is 0 Å². The molecule has 3 aromatic carbocycles. The molecule has 26 heavy (non-hydrogen) atoms. The zero-order valence-corrected chi connectivity index (χ0v) is 19.7. The maximum Gasteiger partial charge on any atom is 4.00 e. The average molecular weight is 466 g/mol. The Morgan fingerprint density at radius 1 is 0.923 bits per heavy atom. The molecule has 0 amide bonds. The smallest absolute Gasteiger partial charge is 1.00 e. The topological polar surface area (TPSA) is 3.24 Å². The minimum absolute atomic E-state index is 0. The van der Waals surface area contributed by atoms with Crippen LogP contribution in [0.1, 0.15) is 11.1 Å². The summed E-state index contributed by atoms with van der Waals surface area (Å²) in [7, 11) is 4.13. The molecular formula is C22H25Cl2NZr-2. The molecular weight excluding hydrogens is 440 g/mol. The van der Waals surface area contributed by atoms with Crippen LogP contribution < -0.4 is 29.7 Å². The maximum atomic E-state index is 3.40. The van der Waals surface area contributed by atoms with Gasteiger partial charge in [0.1, 0.15) is 0 Å². The van der Waals surface area contributed by atoms with Crippen LogP contribution in [0.25, 0.3) is 11.1 Å². The average Bonchev–Trinajstić information content (AvgIpc) is 3.17. The molecule has 0 saturated carbocycles. The van der Waals surface area contributed by atoms with Crippen molar-refractivity contribution in [1.82, 2.24) is 0 Å². The second-order valence-corrected chi connectivity index (χ2v) is 5.44. The van der Waals surface area contributed by atoms with Crippen molar-refractivity contribution >= 4 is 5.69 Å². The van der Waals surface area contributed by atoms with E-state index in [1.54, 1.807) is 0 Å². The maximum absolute atomic E-state index is 3.40. The minimum atomic E-state index is 0. The van der Waals surface area contributed by atoms with E-state index < -0.39 is 0 Å². The van der Waals surface area contributed by atoms with Crippen LogP contribution in [0, 0.1) is 20.9 Å². The van der Waals surface area contributed by atoms with Gasteiger partial charge in [0.2, 0.25) is 0 Å². The normalized spacial score (nSPS) is 9.00. The molecule has 1 aliphatic carbocycles. The summed E-state index contributed by atoms with van der Waals surface area (Å²) in [5.41, 5.74) is 6.69. The van der Waals surface area contributed by atoms with Gasteiger partial charge in [0.05, 0.1) is 0 Å². The fourth-order valence-corrected chi connectivity index (χ4v) is 2.61. The van der Waals surface area contributed by atoms with E-state index in [2.05, 4.69) is 61.5 Å². The fraction of sp³-hybridized carbons (Fsp3) is 0.136. The third-order valence-electron chi connectivity index (χ3n) is 3.76. The fourth-order valence-electron chi connectivity index (χ4n) is 2.61. The van der Waals surface area contributed by atoms with Crippen molar-refractivity contribution in [3.05, 3.63) is 98.8 Å².